The van der Waals surface area contributed by atoms with E-state index in [1.807, 2.05) is 18.2 Å². The molecule has 0 amide bonds. The monoisotopic (exact) mass is 353 g/mol. The Kier molecular flexibility index (Phi) is 5.31. The van der Waals surface area contributed by atoms with Crippen molar-refractivity contribution in [3.63, 3.8) is 0 Å². The molecule has 1 N–H and O–H groups in total. The van der Waals surface area contributed by atoms with Crippen LogP contribution < -0.4 is 14.8 Å². The zero-order valence-electron chi connectivity index (χ0n) is 12.7. The molecule has 21 heavy (non-hydrogen) atoms. The second kappa shape index (κ2) is 7.00. The lowest BCUT2D eigenvalue weighted by Gasteiger charge is -2.14. The molecule has 0 aliphatic carbocycles. The van der Waals surface area contributed by atoms with Crippen molar-refractivity contribution in [2.45, 2.75) is 26.4 Å². The Morgan fingerprint density at radius 3 is 2.52 bits per heavy atom. The summed E-state index contributed by atoms with van der Waals surface area (Å²) in [6.07, 6.45) is 1.70. The van der Waals surface area contributed by atoms with Crippen molar-refractivity contribution in [3.05, 3.63) is 34.7 Å². The van der Waals surface area contributed by atoms with Gasteiger partial charge in [0.15, 0.2) is 0 Å². The Balaban J connectivity index is 2.43. The van der Waals surface area contributed by atoms with Crippen molar-refractivity contribution in [3.8, 4) is 22.6 Å². The molecule has 2 aromatic rings. The van der Waals surface area contributed by atoms with Crippen LogP contribution in [-0.4, -0.2) is 20.3 Å². The molecule has 0 radical (unpaired) electrons. The third-order valence-electron chi connectivity index (χ3n) is 3.19. The minimum absolute atomic E-state index is 0.396. The lowest BCUT2D eigenvalue weighted by atomic mass is 10.0. The molecule has 0 aliphatic heterocycles. The highest BCUT2D eigenvalue weighted by Gasteiger charge is 2.18. The van der Waals surface area contributed by atoms with E-state index in [-0.39, 0.29) is 0 Å². The van der Waals surface area contributed by atoms with Crippen molar-refractivity contribution < 1.29 is 13.9 Å². The summed E-state index contributed by atoms with van der Waals surface area (Å²) in [4.78, 5) is 0. The third-order valence-corrected chi connectivity index (χ3v) is 3.94. The van der Waals surface area contributed by atoms with Gasteiger partial charge in [-0.15, -0.1) is 0 Å². The Bertz CT molecular complexity index is 608. The maximum Gasteiger partial charge on any atom is 0.144 e. The van der Waals surface area contributed by atoms with Gasteiger partial charge in [0.1, 0.15) is 21.7 Å². The van der Waals surface area contributed by atoms with Crippen LogP contribution in [0.3, 0.4) is 0 Å². The summed E-state index contributed by atoms with van der Waals surface area (Å²) in [6.45, 7) is 4.88. The average molecular weight is 354 g/mol. The summed E-state index contributed by atoms with van der Waals surface area (Å²) in [6, 6.07) is 6.24. The van der Waals surface area contributed by atoms with Gasteiger partial charge in [0.2, 0.25) is 0 Å². The molecular formula is C16H20BrNO3. The Morgan fingerprint density at radius 1 is 1.14 bits per heavy atom. The van der Waals surface area contributed by atoms with Crippen molar-refractivity contribution in [1.29, 1.82) is 0 Å². The SMILES string of the molecule is COc1ccc(-c2ccoc2CNC(C)C)c(OC)c1Br. The molecule has 4 nitrogen and oxygen atoms in total. The van der Waals surface area contributed by atoms with E-state index in [2.05, 4.69) is 35.1 Å². The van der Waals surface area contributed by atoms with Crippen LogP contribution in [0.1, 0.15) is 19.6 Å². The van der Waals surface area contributed by atoms with Crippen LogP contribution in [-0.2, 0) is 6.54 Å². The van der Waals surface area contributed by atoms with E-state index in [1.165, 1.54) is 0 Å². The molecule has 2 rings (SSSR count). The van der Waals surface area contributed by atoms with Gasteiger partial charge in [-0.05, 0) is 34.1 Å². The molecule has 114 valence electrons. The number of rotatable bonds is 6. The van der Waals surface area contributed by atoms with Gasteiger partial charge >= 0.3 is 0 Å². The maximum atomic E-state index is 5.60. The average Bonchev–Trinajstić information content (AvgIpc) is 2.92. The lowest BCUT2D eigenvalue weighted by molar-refractivity contribution is 0.390. The fraction of sp³-hybridized carbons (Fsp3) is 0.375. The summed E-state index contributed by atoms with van der Waals surface area (Å²) in [5.41, 5.74) is 1.99. The van der Waals surface area contributed by atoms with E-state index < -0.39 is 0 Å². The topological polar surface area (TPSA) is 43.6 Å². The number of ether oxygens (including phenoxy) is 2. The summed E-state index contributed by atoms with van der Waals surface area (Å²) in [5.74, 6) is 2.36. The van der Waals surface area contributed by atoms with Crippen LogP contribution >= 0.6 is 15.9 Å². The van der Waals surface area contributed by atoms with Gasteiger partial charge in [0.05, 0.1) is 27.0 Å². The molecular weight excluding hydrogens is 334 g/mol. The predicted molar refractivity (Wildman–Crippen MR) is 86.9 cm³/mol. The molecule has 0 unspecified atom stereocenters. The number of halogens is 1. The third kappa shape index (κ3) is 3.41. The number of hydrogen-bond donors (Lipinski definition) is 1. The zero-order chi connectivity index (χ0) is 15.4. The van der Waals surface area contributed by atoms with E-state index in [0.717, 1.165) is 32.9 Å². The summed E-state index contributed by atoms with van der Waals surface area (Å²) >= 11 is 3.53. The van der Waals surface area contributed by atoms with E-state index in [4.69, 9.17) is 13.9 Å². The molecule has 0 saturated carbocycles. The largest absolute Gasteiger partial charge is 0.495 e. The van der Waals surface area contributed by atoms with E-state index >= 15 is 0 Å². The second-order valence-electron chi connectivity index (χ2n) is 4.96. The number of hydrogen-bond acceptors (Lipinski definition) is 4. The van der Waals surface area contributed by atoms with Crippen LogP contribution in [0, 0.1) is 0 Å². The minimum atomic E-state index is 0.396. The molecule has 5 heteroatoms. The van der Waals surface area contributed by atoms with Gasteiger partial charge in [0, 0.05) is 17.2 Å². The van der Waals surface area contributed by atoms with E-state index in [0.29, 0.717) is 12.6 Å². The quantitative estimate of drug-likeness (QED) is 0.843. The van der Waals surface area contributed by atoms with Crippen LogP contribution in [0.15, 0.2) is 33.4 Å². The highest BCUT2D eigenvalue weighted by Crippen LogP contribution is 2.43. The van der Waals surface area contributed by atoms with Crippen molar-refractivity contribution in [1.82, 2.24) is 5.32 Å². The molecule has 0 aliphatic rings. The molecule has 1 aromatic heterocycles. The maximum absolute atomic E-state index is 5.60. The first kappa shape index (κ1) is 15.9. The number of nitrogens with one attached hydrogen (secondary N) is 1. The van der Waals surface area contributed by atoms with Gasteiger partial charge in [-0.3, -0.25) is 0 Å². The molecule has 1 aromatic carbocycles. The van der Waals surface area contributed by atoms with Gasteiger partial charge in [-0.1, -0.05) is 13.8 Å². The fourth-order valence-corrected chi connectivity index (χ4v) is 2.79. The lowest BCUT2D eigenvalue weighted by Crippen LogP contribution is -2.21. The van der Waals surface area contributed by atoms with Crippen LogP contribution in [0.4, 0.5) is 0 Å². The summed E-state index contributed by atoms with van der Waals surface area (Å²) in [7, 11) is 3.28. The first-order valence-corrected chi connectivity index (χ1v) is 7.58. The summed E-state index contributed by atoms with van der Waals surface area (Å²) in [5, 5.41) is 3.36. The van der Waals surface area contributed by atoms with Crippen molar-refractivity contribution >= 4 is 15.9 Å². The second-order valence-corrected chi connectivity index (χ2v) is 5.75. The number of furan rings is 1. The Morgan fingerprint density at radius 2 is 1.90 bits per heavy atom. The number of methoxy groups -OCH3 is 2. The zero-order valence-corrected chi connectivity index (χ0v) is 14.3. The Labute approximate surface area is 133 Å². The molecule has 0 bridgehead atoms. The molecule has 1 heterocycles. The van der Waals surface area contributed by atoms with Crippen molar-refractivity contribution in [2.75, 3.05) is 14.2 Å². The summed E-state index contributed by atoms with van der Waals surface area (Å²) < 4.78 is 17.2. The molecule has 0 saturated heterocycles. The van der Waals surface area contributed by atoms with Gasteiger partial charge in [0.25, 0.3) is 0 Å². The first-order valence-electron chi connectivity index (χ1n) is 6.79. The van der Waals surface area contributed by atoms with Crippen LogP contribution in [0.2, 0.25) is 0 Å². The van der Waals surface area contributed by atoms with Gasteiger partial charge in [-0.25, -0.2) is 0 Å². The van der Waals surface area contributed by atoms with E-state index in [1.54, 1.807) is 20.5 Å². The Hall–Kier alpha value is -1.46. The van der Waals surface area contributed by atoms with Gasteiger partial charge in [-0.2, -0.15) is 0 Å². The normalized spacial score (nSPS) is 11.0. The van der Waals surface area contributed by atoms with Crippen LogP contribution in [0.25, 0.3) is 11.1 Å². The minimum Gasteiger partial charge on any atom is -0.495 e. The van der Waals surface area contributed by atoms with E-state index in [9.17, 15) is 0 Å². The predicted octanol–water partition coefficient (Wildman–Crippen LogP) is 4.22. The van der Waals surface area contributed by atoms with Gasteiger partial charge < -0.3 is 19.2 Å². The number of benzene rings is 1. The molecule has 0 fully saturated rings. The highest BCUT2D eigenvalue weighted by atomic mass is 79.9. The van der Waals surface area contributed by atoms with Crippen molar-refractivity contribution in [2.24, 2.45) is 0 Å². The highest BCUT2D eigenvalue weighted by molar-refractivity contribution is 9.10. The molecule has 0 spiro atoms. The standard InChI is InChI=1S/C16H20BrNO3/c1-10(2)18-9-14-11(7-8-21-14)12-5-6-13(19-3)15(17)16(12)20-4/h5-8,10,18H,9H2,1-4H3. The first-order chi connectivity index (χ1) is 10.1. The van der Waals surface area contributed by atoms with Crippen LogP contribution in [0.5, 0.6) is 11.5 Å². The smallest absolute Gasteiger partial charge is 0.144 e. The molecule has 0 atom stereocenters. The fourth-order valence-electron chi connectivity index (χ4n) is 2.12.